The van der Waals surface area contributed by atoms with Crippen molar-refractivity contribution in [1.82, 2.24) is 5.32 Å². The average molecular weight is 235 g/mol. The van der Waals surface area contributed by atoms with Gasteiger partial charge >= 0.3 is 0 Å². The van der Waals surface area contributed by atoms with Crippen LogP contribution in [0.2, 0.25) is 0 Å². The van der Waals surface area contributed by atoms with Gasteiger partial charge in [0.1, 0.15) is 11.6 Å². The van der Waals surface area contributed by atoms with Gasteiger partial charge in [0.25, 0.3) is 0 Å². The van der Waals surface area contributed by atoms with Gasteiger partial charge in [0.05, 0.1) is 6.04 Å². The molecular formula is C14H18FNO. The summed E-state index contributed by atoms with van der Waals surface area (Å²) in [6, 6.07) is 3.88. The normalized spacial score (nSPS) is 14.0. The van der Waals surface area contributed by atoms with Gasteiger partial charge in [0, 0.05) is 17.7 Å². The third-order valence-corrected chi connectivity index (χ3v) is 2.69. The summed E-state index contributed by atoms with van der Waals surface area (Å²) < 4.78 is 12.8. The van der Waals surface area contributed by atoms with Crippen molar-refractivity contribution in [3.05, 3.63) is 29.6 Å². The number of terminal acetylenes is 1. The highest BCUT2D eigenvalue weighted by molar-refractivity contribution is 5.35. The molecule has 17 heavy (non-hydrogen) atoms. The van der Waals surface area contributed by atoms with Crippen molar-refractivity contribution in [1.29, 1.82) is 0 Å². The van der Waals surface area contributed by atoms with E-state index in [-0.39, 0.29) is 17.8 Å². The number of hydrogen-bond acceptors (Lipinski definition) is 2. The number of phenolic OH excluding ortho intramolecular Hbond substituents is 1. The fraction of sp³-hybridized carbons (Fsp3) is 0.429. The number of nitrogens with one attached hydrogen (secondary N) is 1. The number of aromatic hydroxyl groups is 1. The minimum absolute atomic E-state index is 0.0283. The summed E-state index contributed by atoms with van der Waals surface area (Å²) in [4.78, 5) is 0. The number of phenols is 1. The maximum atomic E-state index is 12.8. The molecule has 0 amide bonds. The topological polar surface area (TPSA) is 32.3 Å². The molecule has 0 spiro atoms. The highest BCUT2D eigenvalue weighted by Crippen LogP contribution is 2.25. The van der Waals surface area contributed by atoms with E-state index >= 15 is 0 Å². The highest BCUT2D eigenvalue weighted by Gasteiger charge is 2.14. The van der Waals surface area contributed by atoms with E-state index in [1.54, 1.807) is 6.07 Å². The summed E-state index contributed by atoms with van der Waals surface area (Å²) in [6.07, 6.45) is 7.28. The van der Waals surface area contributed by atoms with Gasteiger partial charge in [-0.15, -0.1) is 6.42 Å². The van der Waals surface area contributed by atoms with Gasteiger partial charge in [-0.2, -0.15) is 0 Å². The molecule has 2 atom stereocenters. The van der Waals surface area contributed by atoms with Crippen LogP contribution in [0.25, 0.3) is 0 Å². The molecular weight excluding hydrogens is 217 g/mol. The smallest absolute Gasteiger partial charge is 0.126 e. The average Bonchev–Trinajstić information content (AvgIpc) is 2.28. The summed E-state index contributed by atoms with van der Waals surface area (Å²) in [7, 11) is 0. The lowest BCUT2D eigenvalue weighted by molar-refractivity contribution is 0.436. The molecule has 0 aliphatic rings. The van der Waals surface area contributed by atoms with Crippen LogP contribution in [0, 0.1) is 18.2 Å². The van der Waals surface area contributed by atoms with Gasteiger partial charge in [-0.05, 0) is 19.4 Å². The molecule has 92 valence electrons. The Hall–Kier alpha value is -1.53. The first-order valence-electron chi connectivity index (χ1n) is 5.79. The van der Waals surface area contributed by atoms with E-state index < -0.39 is 5.82 Å². The summed E-state index contributed by atoms with van der Waals surface area (Å²) in [5, 5.41) is 12.9. The molecule has 0 aliphatic heterocycles. The minimum Gasteiger partial charge on any atom is -0.508 e. The van der Waals surface area contributed by atoms with Gasteiger partial charge in [-0.1, -0.05) is 25.3 Å². The van der Waals surface area contributed by atoms with E-state index in [2.05, 4.69) is 18.2 Å². The van der Waals surface area contributed by atoms with Crippen LogP contribution < -0.4 is 5.32 Å². The lowest BCUT2D eigenvalue weighted by Gasteiger charge is -2.20. The van der Waals surface area contributed by atoms with Crippen LogP contribution in [0.3, 0.4) is 0 Å². The number of rotatable bonds is 5. The van der Waals surface area contributed by atoms with Crippen molar-refractivity contribution in [3.63, 3.8) is 0 Å². The Morgan fingerprint density at radius 3 is 2.76 bits per heavy atom. The van der Waals surface area contributed by atoms with E-state index in [0.29, 0.717) is 5.56 Å². The second-order valence-electron chi connectivity index (χ2n) is 4.10. The zero-order valence-corrected chi connectivity index (χ0v) is 10.2. The third kappa shape index (κ3) is 3.76. The zero-order valence-electron chi connectivity index (χ0n) is 10.2. The summed E-state index contributed by atoms with van der Waals surface area (Å²) in [5.41, 5.74) is 0.655. The molecule has 3 heteroatoms. The Morgan fingerprint density at radius 1 is 1.53 bits per heavy atom. The standard InChI is InChI=1S/C14H18FNO/c1-4-6-12(5-2)16-10(3)13-8-7-11(15)9-14(13)17/h2,7-10,12,16-17H,4,6H2,1,3H3. The molecule has 0 aliphatic carbocycles. The summed E-state index contributed by atoms with van der Waals surface area (Å²) in [5.74, 6) is 2.18. The Morgan fingerprint density at radius 2 is 2.24 bits per heavy atom. The maximum Gasteiger partial charge on any atom is 0.126 e. The Bertz CT molecular complexity index is 411. The van der Waals surface area contributed by atoms with Crippen LogP contribution in [0.1, 0.15) is 38.3 Å². The number of hydrogen-bond donors (Lipinski definition) is 2. The lowest BCUT2D eigenvalue weighted by Crippen LogP contribution is -2.30. The van der Waals surface area contributed by atoms with Gasteiger partial charge in [0.2, 0.25) is 0 Å². The molecule has 1 aromatic carbocycles. The van der Waals surface area contributed by atoms with E-state index in [1.807, 2.05) is 6.92 Å². The monoisotopic (exact) mass is 235 g/mol. The quantitative estimate of drug-likeness (QED) is 0.769. The van der Waals surface area contributed by atoms with Crippen LogP contribution in [0.15, 0.2) is 18.2 Å². The fourth-order valence-corrected chi connectivity index (χ4v) is 1.78. The van der Waals surface area contributed by atoms with Crippen LogP contribution >= 0.6 is 0 Å². The predicted octanol–water partition coefficient (Wildman–Crippen LogP) is 2.98. The second kappa shape index (κ2) is 6.27. The van der Waals surface area contributed by atoms with Crippen molar-refractivity contribution in [2.24, 2.45) is 0 Å². The largest absolute Gasteiger partial charge is 0.508 e. The fourth-order valence-electron chi connectivity index (χ4n) is 1.78. The van der Waals surface area contributed by atoms with Gasteiger partial charge in [-0.25, -0.2) is 4.39 Å². The van der Waals surface area contributed by atoms with Gasteiger partial charge < -0.3 is 5.11 Å². The molecule has 1 rings (SSSR count). The van der Waals surface area contributed by atoms with Crippen LogP contribution in [-0.2, 0) is 0 Å². The molecule has 2 N–H and O–H groups in total. The first kappa shape index (κ1) is 13.5. The highest BCUT2D eigenvalue weighted by atomic mass is 19.1. The molecule has 2 unspecified atom stereocenters. The lowest BCUT2D eigenvalue weighted by atomic mass is 10.0. The Labute approximate surface area is 102 Å². The van der Waals surface area contributed by atoms with Crippen molar-refractivity contribution in [3.8, 4) is 18.1 Å². The SMILES string of the molecule is C#CC(CCC)NC(C)c1ccc(F)cc1O. The van der Waals surface area contributed by atoms with Crippen molar-refractivity contribution in [2.45, 2.75) is 38.8 Å². The molecule has 0 saturated carbocycles. The predicted molar refractivity (Wildman–Crippen MR) is 67.1 cm³/mol. The van der Waals surface area contributed by atoms with E-state index in [0.717, 1.165) is 18.9 Å². The first-order valence-corrected chi connectivity index (χ1v) is 5.79. The van der Waals surface area contributed by atoms with Crippen LogP contribution in [0.4, 0.5) is 4.39 Å². The van der Waals surface area contributed by atoms with Crippen LogP contribution in [-0.4, -0.2) is 11.1 Å². The first-order chi connectivity index (χ1) is 8.08. The van der Waals surface area contributed by atoms with E-state index in [4.69, 9.17) is 6.42 Å². The van der Waals surface area contributed by atoms with Crippen molar-refractivity contribution >= 4 is 0 Å². The van der Waals surface area contributed by atoms with E-state index in [1.165, 1.54) is 6.07 Å². The van der Waals surface area contributed by atoms with Gasteiger partial charge in [0.15, 0.2) is 0 Å². The summed E-state index contributed by atoms with van der Waals surface area (Å²) in [6.45, 7) is 3.96. The zero-order chi connectivity index (χ0) is 12.8. The molecule has 0 bridgehead atoms. The molecule has 0 aromatic heterocycles. The molecule has 0 saturated heterocycles. The molecule has 1 aromatic rings. The summed E-state index contributed by atoms with van der Waals surface area (Å²) >= 11 is 0. The Kier molecular flexibility index (Phi) is 4.99. The van der Waals surface area contributed by atoms with Crippen molar-refractivity contribution < 1.29 is 9.50 Å². The third-order valence-electron chi connectivity index (χ3n) is 2.69. The van der Waals surface area contributed by atoms with Gasteiger partial charge in [-0.3, -0.25) is 5.32 Å². The maximum absolute atomic E-state index is 12.8. The Balaban J connectivity index is 2.75. The molecule has 0 heterocycles. The number of benzene rings is 1. The van der Waals surface area contributed by atoms with Crippen LogP contribution in [0.5, 0.6) is 5.75 Å². The molecule has 0 fully saturated rings. The van der Waals surface area contributed by atoms with E-state index in [9.17, 15) is 9.50 Å². The minimum atomic E-state index is -0.444. The number of halogens is 1. The molecule has 0 radical (unpaired) electrons. The molecule has 2 nitrogen and oxygen atoms in total. The van der Waals surface area contributed by atoms with Crippen molar-refractivity contribution in [2.75, 3.05) is 0 Å². The second-order valence-corrected chi connectivity index (χ2v) is 4.10.